The molecule has 1 aliphatic carbocycles. The van der Waals surface area contributed by atoms with E-state index in [1.54, 1.807) is 24.3 Å². The van der Waals surface area contributed by atoms with Gasteiger partial charge in [-0.2, -0.15) is 0 Å². The van der Waals surface area contributed by atoms with Crippen LogP contribution in [-0.4, -0.2) is 54.4 Å². The first-order valence-corrected chi connectivity index (χ1v) is 10.6. The van der Waals surface area contributed by atoms with Crippen LogP contribution in [0.25, 0.3) is 0 Å². The van der Waals surface area contributed by atoms with E-state index in [0.29, 0.717) is 11.3 Å². The molecule has 152 valence electrons. The van der Waals surface area contributed by atoms with Gasteiger partial charge in [-0.3, -0.25) is 9.59 Å². The second-order valence-electron chi connectivity index (χ2n) is 7.82. The lowest BCUT2D eigenvalue weighted by atomic mass is 9.83. The third kappa shape index (κ3) is 4.35. The number of fused-ring (bicyclic) bond motifs is 1. The maximum absolute atomic E-state index is 12.8. The molecule has 0 N–H and O–H groups in total. The molecule has 5 nitrogen and oxygen atoms in total. The molecular formula is C24H28N2O3. The van der Waals surface area contributed by atoms with Gasteiger partial charge in [-0.15, -0.1) is 0 Å². The molecule has 0 spiro atoms. The molecule has 29 heavy (non-hydrogen) atoms. The second-order valence-corrected chi connectivity index (χ2v) is 7.82. The van der Waals surface area contributed by atoms with Crippen LogP contribution in [0.4, 0.5) is 0 Å². The van der Waals surface area contributed by atoms with Crippen molar-refractivity contribution in [2.75, 3.05) is 32.7 Å². The van der Waals surface area contributed by atoms with E-state index >= 15 is 0 Å². The molecule has 2 aliphatic rings. The number of ether oxygens (including phenoxy) is 1. The predicted octanol–water partition coefficient (Wildman–Crippen LogP) is 3.49. The van der Waals surface area contributed by atoms with Crippen molar-refractivity contribution in [2.45, 2.75) is 32.1 Å². The third-order valence-electron chi connectivity index (χ3n) is 6.08. The van der Waals surface area contributed by atoms with Crippen LogP contribution in [0, 0.1) is 0 Å². The van der Waals surface area contributed by atoms with E-state index in [9.17, 15) is 9.59 Å². The van der Waals surface area contributed by atoms with Crippen molar-refractivity contribution >= 4 is 11.9 Å². The molecule has 1 heterocycles. The van der Waals surface area contributed by atoms with E-state index in [1.807, 2.05) is 23.1 Å². The van der Waals surface area contributed by atoms with Crippen molar-refractivity contribution in [3.63, 3.8) is 0 Å². The maximum atomic E-state index is 12.8. The van der Waals surface area contributed by atoms with E-state index in [1.165, 1.54) is 5.56 Å². The molecule has 1 aliphatic heterocycles. The number of aryl methyl sites for hydroxylation is 1. The molecule has 5 heteroatoms. The number of amides is 1. The first-order valence-electron chi connectivity index (χ1n) is 10.6. The topological polar surface area (TPSA) is 49.9 Å². The van der Waals surface area contributed by atoms with Gasteiger partial charge in [0.15, 0.2) is 0 Å². The highest BCUT2D eigenvalue weighted by molar-refractivity contribution is 5.94. The zero-order chi connectivity index (χ0) is 20.2. The van der Waals surface area contributed by atoms with Gasteiger partial charge in [0.05, 0.1) is 5.92 Å². The first kappa shape index (κ1) is 19.6. The molecular weight excluding hydrogens is 364 g/mol. The van der Waals surface area contributed by atoms with Gasteiger partial charge >= 0.3 is 5.97 Å². The molecule has 1 amide bonds. The Labute approximate surface area is 172 Å². The number of piperazine rings is 1. The Balaban J connectivity index is 1.39. The van der Waals surface area contributed by atoms with Gasteiger partial charge < -0.3 is 14.5 Å². The molecule has 0 radical (unpaired) electrons. The number of carbonyl (C=O) groups excluding carboxylic acids is 2. The molecule has 2 aromatic carbocycles. The number of nitrogens with zero attached hydrogens (tertiary/aromatic N) is 2. The number of esters is 1. The summed E-state index contributed by atoms with van der Waals surface area (Å²) in [5.41, 5.74) is 2.96. The Morgan fingerprint density at radius 2 is 1.72 bits per heavy atom. The SMILES string of the molecule is CCN1CCN(C(=O)c2ccc(OC(=O)C3CCCc4ccccc43)cc2)CC1. The van der Waals surface area contributed by atoms with Crippen LogP contribution in [0.2, 0.25) is 0 Å². The fraction of sp³-hybridized carbons (Fsp3) is 0.417. The smallest absolute Gasteiger partial charge is 0.318 e. The number of rotatable bonds is 4. The Kier molecular flexibility index (Phi) is 5.95. The monoisotopic (exact) mass is 392 g/mol. The molecule has 0 saturated carbocycles. The molecule has 4 rings (SSSR count). The van der Waals surface area contributed by atoms with Crippen molar-refractivity contribution in [2.24, 2.45) is 0 Å². The van der Waals surface area contributed by atoms with Gasteiger partial charge in [0.1, 0.15) is 5.75 Å². The van der Waals surface area contributed by atoms with Gasteiger partial charge in [0.2, 0.25) is 0 Å². The van der Waals surface area contributed by atoms with Crippen LogP contribution in [0.5, 0.6) is 5.75 Å². The van der Waals surface area contributed by atoms with E-state index < -0.39 is 0 Å². The summed E-state index contributed by atoms with van der Waals surface area (Å²) in [5.74, 6) is 0.105. The van der Waals surface area contributed by atoms with E-state index in [2.05, 4.69) is 17.9 Å². The Morgan fingerprint density at radius 1 is 1.00 bits per heavy atom. The van der Waals surface area contributed by atoms with Crippen LogP contribution in [0.3, 0.4) is 0 Å². The van der Waals surface area contributed by atoms with Crippen LogP contribution in [0.1, 0.15) is 47.2 Å². The average Bonchev–Trinajstić information content (AvgIpc) is 2.78. The van der Waals surface area contributed by atoms with Crippen molar-refractivity contribution in [3.8, 4) is 5.75 Å². The van der Waals surface area contributed by atoms with Crippen LogP contribution in [-0.2, 0) is 11.2 Å². The zero-order valence-electron chi connectivity index (χ0n) is 17.0. The molecule has 1 saturated heterocycles. The highest BCUT2D eigenvalue weighted by Gasteiger charge is 2.28. The molecule has 1 unspecified atom stereocenters. The fourth-order valence-electron chi connectivity index (χ4n) is 4.30. The number of likely N-dealkylation sites (N-methyl/N-ethyl adjacent to an activating group) is 1. The highest BCUT2D eigenvalue weighted by atomic mass is 16.5. The lowest BCUT2D eigenvalue weighted by Crippen LogP contribution is -2.48. The van der Waals surface area contributed by atoms with Gasteiger partial charge in [-0.05, 0) is 61.2 Å². The largest absolute Gasteiger partial charge is 0.426 e. The normalized spacial score (nSPS) is 19.5. The van der Waals surface area contributed by atoms with Crippen molar-refractivity contribution in [1.82, 2.24) is 9.80 Å². The number of hydrogen-bond acceptors (Lipinski definition) is 4. The minimum Gasteiger partial charge on any atom is -0.426 e. The molecule has 0 aromatic heterocycles. The fourth-order valence-corrected chi connectivity index (χ4v) is 4.30. The lowest BCUT2D eigenvalue weighted by Gasteiger charge is -2.34. The van der Waals surface area contributed by atoms with Gasteiger partial charge in [-0.1, -0.05) is 31.2 Å². The summed E-state index contributed by atoms with van der Waals surface area (Å²) in [5, 5.41) is 0. The summed E-state index contributed by atoms with van der Waals surface area (Å²) in [6.07, 6.45) is 2.83. The number of benzene rings is 2. The molecule has 1 fully saturated rings. The lowest BCUT2D eigenvalue weighted by molar-refractivity contribution is -0.136. The molecule has 0 bridgehead atoms. The van der Waals surface area contributed by atoms with Crippen molar-refractivity contribution in [3.05, 3.63) is 65.2 Å². The van der Waals surface area contributed by atoms with Crippen molar-refractivity contribution < 1.29 is 14.3 Å². The summed E-state index contributed by atoms with van der Waals surface area (Å²) in [6, 6.07) is 15.1. The highest BCUT2D eigenvalue weighted by Crippen LogP contribution is 2.32. The summed E-state index contributed by atoms with van der Waals surface area (Å²) in [7, 11) is 0. The minimum atomic E-state index is -0.216. The van der Waals surface area contributed by atoms with E-state index in [0.717, 1.165) is 57.5 Å². The van der Waals surface area contributed by atoms with Gasteiger partial charge in [-0.25, -0.2) is 0 Å². The van der Waals surface area contributed by atoms with Crippen LogP contribution >= 0.6 is 0 Å². The maximum Gasteiger partial charge on any atom is 0.318 e. The Morgan fingerprint density at radius 3 is 2.45 bits per heavy atom. The third-order valence-corrected chi connectivity index (χ3v) is 6.08. The van der Waals surface area contributed by atoms with Gasteiger partial charge in [0.25, 0.3) is 5.91 Å². The van der Waals surface area contributed by atoms with Gasteiger partial charge in [0, 0.05) is 31.7 Å². The standard InChI is InChI=1S/C24H28N2O3/c1-2-25-14-16-26(17-15-25)23(27)19-10-12-20(13-11-19)29-24(28)22-9-5-7-18-6-3-4-8-21(18)22/h3-4,6,8,10-13,22H,2,5,7,9,14-17H2,1H3. The molecule has 1 atom stereocenters. The summed E-state index contributed by atoms with van der Waals surface area (Å²) in [6.45, 7) is 6.51. The van der Waals surface area contributed by atoms with Crippen LogP contribution in [0.15, 0.2) is 48.5 Å². The van der Waals surface area contributed by atoms with E-state index in [4.69, 9.17) is 4.74 Å². The van der Waals surface area contributed by atoms with Crippen molar-refractivity contribution in [1.29, 1.82) is 0 Å². The molecule has 2 aromatic rings. The van der Waals surface area contributed by atoms with E-state index in [-0.39, 0.29) is 17.8 Å². The Bertz CT molecular complexity index is 870. The first-order chi connectivity index (χ1) is 14.2. The second kappa shape index (κ2) is 8.78. The Hall–Kier alpha value is -2.66. The zero-order valence-corrected chi connectivity index (χ0v) is 17.0. The summed E-state index contributed by atoms with van der Waals surface area (Å²) < 4.78 is 5.65. The quantitative estimate of drug-likeness (QED) is 0.590. The number of hydrogen-bond donors (Lipinski definition) is 0. The predicted molar refractivity (Wildman–Crippen MR) is 112 cm³/mol. The van der Waals surface area contributed by atoms with Crippen LogP contribution < -0.4 is 4.74 Å². The average molecular weight is 392 g/mol. The summed E-state index contributed by atoms with van der Waals surface area (Å²) >= 11 is 0. The number of carbonyl (C=O) groups is 2. The minimum absolute atomic E-state index is 0.0415. The summed E-state index contributed by atoms with van der Waals surface area (Å²) in [4.78, 5) is 29.7.